The molecule has 0 aliphatic carbocycles. The van der Waals surface area contributed by atoms with Crippen LogP contribution in [0.25, 0.3) is 0 Å². The molecule has 3 rings (SSSR count). The standard InChI is InChI=1S/C28H31Cl2N3O4S/c1-4-24(28(35)31-5-2)32(18-21-13-10-9-12-20(21)3)26(34)19-33(25-17-11-16-23(29)27(25)30)38(36,37)22-14-7-6-8-15-22/h6-17,24H,4-5,18-19H2,1-3H3,(H,31,35). The highest BCUT2D eigenvalue weighted by molar-refractivity contribution is 7.92. The van der Waals surface area contributed by atoms with Crippen molar-refractivity contribution in [1.29, 1.82) is 0 Å². The zero-order valence-electron chi connectivity index (χ0n) is 21.5. The maximum Gasteiger partial charge on any atom is 0.264 e. The Balaban J connectivity index is 2.11. The summed E-state index contributed by atoms with van der Waals surface area (Å²) in [7, 11) is -4.22. The Bertz CT molecular complexity index is 1380. The van der Waals surface area contributed by atoms with Gasteiger partial charge in [-0.15, -0.1) is 0 Å². The molecule has 1 N–H and O–H groups in total. The SMILES string of the molecule is CCNC(=O)C(CC)N(Cc1ccccc1C)C(=O)CN(c1cccc(Cl)c1Cl)S(=O)(=O)c1ccccc1. The van der Waals surface area contributed by atoms with Gasteiger partial charge in [0.05, 0.1) is 20.6 Å². The Morgan fingerprint density at radius 2 is 1.58 bits per heavy atom. The Kier molecular flexibility index (Phi) is 10.2. The average molecular weight is 577 g/mol. The minimum absolute atomic E-state index is 0.00249. The number of anilines is 1. The number of carbonyl (C=O) groups excluding carboxylic acids is 2. The number of hydrogen-bond acceptors (Lipinski definition) is 4. The monoisotopic (exact) mass is 575 g/mol. The van der Waals surface area contributed by atoms with Gasteiger partial charge in [-0.25, -0.2) is 8.42 Å². The van der Waals surface area contributed by atoms with Gasteiger partial charge in [0.1, 0.15) is 12.6 Å². The minimum atomic E-state index is -4.22. The lowest BCUT2D eigenvalue weighted by atomic mass is 10.1. The van der Waals surface area contributed by atoms with Crippen LogP contribution >= 0.6 is 23.2 Å². The fraction of sp³-hybridized carbons (Fsp3) is 0.286. The number of sulfonamides is 1. The number of nitrogens with one attached hydrogen (secondary N) is 1. The van der Waals surface area contributed by atoms with Crippen molar-refractivity contribution in [2.45, 2.75) is 44.7 Å². The van der Waals surface area contributed by atoms with Crippen LogP contribution in [0.1, 0.15) is 31.4 Å². The van der Waals surface area contributed by atoms with E-state index < -0.39 is 28.5 Å². The summed E-state index contributed by atoms with van der Waals surface area (Å²) in [6, 6.07) is 19.1. The van der Waals surface area contributed by atoms with E-state index in [4.69, 9.17) is 23.2 Å². The fourth-order valence-electron chi connectivity index (χ4n) is 4.10. The number of rotatable bonds is 11. The van der Waals surface area contributed by atoms with E-state index in [1.54, 1.807) is 31.2 Å². The number of halogens is 2. The van der Waals surface area contributed by atoms with Gasteiger partial charge < -0.3 is 10.2 Å². The summed E-state index contributed by atoms with van der Waals surface area (Å²) < 4.78 is 28.6. The van der Waals surface area contributed by atoms with Crippen molar-refractivity contribution < 1.29 is 18.0 Å². The molecule has 3 aromatic carbocycles. The Morgan fingerprint density at radius 1 is 0.921 bits per heavy atom. The van der Waals surface area contributed by atoms with Gasteiger partial charge in [-0.2, -0.15) is 0 Å². The Hall–Kier alpha value is -3.07. The minimum Gasteiger partial charge on any atom is -0.355 e. The molecule has 0 aliphatic heterocycles. The van der Waals surface area contributed by atoms with E-state index in [0.717, 1.165) is 15.4 Å². The molecule has 0 spiro atoms. The van der Waals surface area contributed by atoms with Crippen LogP contribution < -0.4 is 9.62 Å². The number of amides is 2. The lowest BCUT2D eigenvalue weighted by Gasteiger charge is -2.33. The normalized spacial score (nSPS) is 12.0. The van der Waals surface area contributed by atoms with Crippen LogP contribution in [0.5, 0.6) is 0 Å². The first-order chi connectivity index (χ1) is 18.1. The van der Waals surface area contributed by atoms with E-state index in [1.165, 1.54) is 29.2 Å². The fourth-order valence-corrected chi connectivity index (χ4v) is 6.00. The third kappa shape index (κ3) is 6.67. The molecule has 38 heavy (non-hydrogen) atoms. The van der Waals surface area contributed by atoms with Gasteiger partial charge >= 0.3 is 0 Å². The number of nitrogens with zero attached hydrogens (tertiary/aromatic N) is 2. The predicted octanol–water partition coefficient (Wildman–Crippen LogP) is 5.44. The van der Waals surface area contributed by atoms with E-state index in [0.29, 0.717) is 13.0 Å². The van der Waals surface area contributed by atoms with E-state index in [2.05, 4.69) is 5.32 Å². The molecule has 10 heteroatoms. The Labute approximate surface area is 234 Å². The molecule has 0 aromatic heterocycles. The molecule has 0 saturated heterocycles. The molecule has 0 bridgehead atoms. The van der Waals surface area contributed by atoms with Gasteiger partial charge in [0, 0.05) is 13.1 Å². The summed E-state index contributed by atoms with van der Waals surface area (Å²) in [5.41, 5.74) is 1.86. The molecule has 2 amide bonds. The highest BCUT2D eigenvalue weighted by Crippen LogP contribution is 2.35. The molecule has 7 nitrogen and oxygen atoms in total. The molecule has 0 aliphatic rings. The van der Waals surface area contributed by atoms with Crippen LogP contribution in [0.2, 0.25) is 10.0 Å². The Morgan fingerprint density at radius 3 is 2.21 bits per heavy atom. The zero-order valence-corrected chi connectivity index (χ0v) is 23.9. The first-order valence-corrected chi connectivity index (χ1v) is 14.4. The van der Waals surface area contributed by atoms with Crippen molar-refractivity contribution >= 4 is 50.7 Å². The highest BCUT2D eigenvalue weighted by atomic mass is 35.5. The van der Waals surface area contributed by atoms with Gasteiger partial charge in [0.2, 0.25) is 11.8 Å². The largest absolute Gasteiger partial charge is 0.355 e. The number of benzene rings is 3. The quantitative estimate of drug-likeness (QED) is 0.330. The predicted molar refractivity (Wildman–Crippen MR) is 152 cm³/mol. The van der Waals surface area contributed by atoms with Crippen LogP contribution in [-0.4, -0.2) is 44.3 Å². The van der Waals surface area contributed by atoms with Crippen LogP contribution in [-0.2, 0) is 26.2 Å². The molecular weight excluding hydrogens is 545 g/mol. The summed E-state index contributed by atoms with van der Waals surface area (Å²) in [6.07, 6.45) is 0.340. The van der Waals surface area contributed by atoms with Crippen LogP contribution in [0.4, 0.5) is 5.69 Å². The maximum absolute atomic E-state index is 14.0. The van der Waals surface area contributed by atoms with E-state index in [1.807, 2.05) is 38.1 Å². The van der Waals surface area contributed by atoms with E-state index in [-0.39, 0.29) is 33.1 Å². The lowest BCUT2D eigenvalue weighted by Crippen LogP contribution is -2.52. The molecule has 0 heterocycles. The number of likely N-dealkylation sites (N-methyl/N-ethyl adjacent to an activating group) is 1. The van der Waals surface area contributed by atoms with Gasteiger partial charge in [-0.1, -0.05) is 78.7 Å². The smallest absolute Gasteiger partial charge is 0.264 e. The second-order valence-electron chi connectivity index (χ2n) is 8.66. The number of hydrogen-bond donors (Lipinski definition) is 1. The van der Waals surface area contributed by atoms with Crippen molar-refractivity contribution in [3.05, 3.63) is 94.0 Å². The molecule has 0 fully saturated rings. The molecule has 1 atom stereocenters. The van der Waals surface area contributed by atoms with Crippen molar-refractivity contribution in [2.75, 3.05) is 17.4 Å². The van der Waals surface area contributed by atoms with Crippen molar-refractivity contribution in [2.24, 2.45) is 0 Å². The van der Waals surface area contributed by atoms with Crippen molar-refractivity contribution in [3.63, 3.8) is 0 Å². The number of carbonyl (C=O) groups is 2. The van der Waals surface area contributed by atoms with Gasteiger partial charge in [-0.3, -0.25) is 13.9 Å². The third-order valence-electron chi connectivity index (χ3n) is 6.15. The summed E-state index contributed by atoms with van der Waals surface area (Å²) in [6.45, 7) is 5.47. The average Bonchev–Trinajstić information content (AvgIpc) is 2.90. The summed E-state index contributed by atoms with van der Waals surface area (Å²) in [5, 5.41) is 2.94. The van der Waals surface area contributed by atoms with Crippen molar-refractivity contribution in [3.8, 4) is 0 Å². The summed E-state index contributed by atoms with van der Waals surface area (Å²) in [5.74, 6) is -0.864. The number of aryl methyl sites for hydroxylation is 1. The van der Waals surface area contributed by atoms with Gasteiger partial charge in [-0.05, 0) is 55.7 Å². The van der Waals surface area contributed by atoms with Crippen molar-refractivity contribution in [1.82, 2.24) is 10.2 Å². The first kappa shape index (κ1) is 29.5. The van der Waals surface area contributed by atoms with E-state index in [9.17, 15) is 18.0 Å². The van der Waals surface area contributed by atoms with Crippen LogP contribution in [0, 0.1) is 6.92 Å². The lowest BCUT2D eigenvalue weighted by molar-refractivity contribution is -0.140. The third-order valence-corrected chi connectivity index (χ3v) is 8.73. The highest BCUT2D eigenvalue weighted by Gasteiger charge is 2.34. The maximum atomic E-state index is 14.0. The molecule has 0 radical (unpaired) electrons. The zero-order chi connectivity index (χ0) is 27.9. The summed E-state index contributed by atoms with van der Waals surface area (Å²) >= 11 is 12.7. The van der Waals surface area contributed by atoms with Gasteiger partial charge in [0.15, 0.2) is 0 Å². The topological polar surface area (TPSA) is 86.8 Å². The molecule has 0 saturated carbocycles. The molecule has 202 valence electrons. The second kappa shape index (κ2) is 13.1. The van der Waals surface area contributed by atoms with E-state index >= 15 is 0 Å². The first-order valence-electron chi connectivity index (χ1n) is 12.2. The van der Waals surface area contributed by atoms with Gasteiger partial charge in [0.25, 0.3) is 10.0 Å². The molecule has 3 aromatic rings. The van der Waals surface area contributed by atoms with Crippen LogP contribution in [0.15, 0.2) is 77.7 Å². The van der Waals surface area contributed by atoms with Crippen LogP contribution in [0.3, 0.4) is 0 Å². The summed E-state index contributed by atoms with van der Waals surface area (Å²) in [4.78, 5) is 28.4. The molecule has 1 unspecified atom stereocenters. The second-order valence-corrected chi connectivity index (χ2v) is 11.3. The molecular formula is C28H31Cl2N3O4S.